The Morgan fingerprint density at radius 3 is 1.75 bits per heavy atom. The summed E-state index contributed by atoms with van der Waals surface area (Å²) in [5.74, 6) is -0.771. The van der Waals surface area contributed by atoms with Crippen LogP contribution in [-0.4, -0.2) is 50.1 Å². The third-order valence-corrected chi connectivity index (χ3v) is 6.26. The van der Waals surface area contributed by atoms with Gasteiger partial charge in [0.2, 0.25) is 0 Å². The number of hydrogen-bond acceptors (Lipinski definition) is 6. The molecule has 1 aliphatic heterocycles. The maximum Gasteiger partial charge on any atom is 0.306 e. The molecule has 1 aliphatic rings. The molecule has 0 atom stereocenters. The number of methoxy groups -OCH3 is 2. The number of nitrogens with two attached hydrogens (primary N) is 1. The molecule has 170 valence electrons. The highest BCUT2D eigenvalue weighted by Crippen LogP contribution is 2.39. The number of carbonyl (C=O) groups is 3. The Morgan fingerprint density at radius 1 is 0.844 bits per heavy atom. The van der Waals surface area contributed by atoms with Gasteiger partial charge in [-0.3, -0.25) is 14.4 Å². The Bertz CT molecular complexity index is 925. The molecule has 32 heavy (non-hydrogen) atoms. The molecule has 0 saturated carbocycles. The zero-order chi connectivity index (χ0) is 23.1. The normalized spacial score (nSPS) is 15.2. The zero-order valence-corrected chi connectivity index (χ0v) is 18.6. The molecule has 7 heteroatoms. The van der Waals surface area contributed by atoms with Crippen LogP contribution in [0.5, 0.6) is 0 Å². The van der Waals surface area contributed by atoms with Crippen molar-refractivity contribution in [1.29, 1.82) is 0 Å². The van der Waals surface area contributed by atoms with Crippen LogP contribution in [0.25, 0.3) is 11.1 Å². The van der Waals surface area contributed by atoms with E-state index < -0.39 is 5.41 Å². The number of esters is 2. The van der Waals surface area contributed by atoms with Gasteiger partial charge >= 0.3 is 11.9 Å². The molecule has 2 aromatic carbocycles. The average Bonchev–Trinajstić information content (AvgIpc) is 2.84. The first-order valence-corrected chi connectivity index (χ1v) is 10.7. The summed E-state index contributed by atoms with van der Waals surface area (Å²) in [4.78, 5) is 38.6. The van der Waals surface area contributed by atoms with Crippen LogP contribution in [0.15, 0.2) is 48.5 Å². The van der Waals surface area contributed by atoms with E-state index in [4.69, 9.17) is 15.2 Å². The minimum Gasteiger partial charge on any atom is -0.469 e. The molecule has 0 spiro atoms. The highest BCUT2D eigenvalue weighted by molar-refractivity contribution is 5.94. The van der Waals surface area contributed by atoms with Crippen molar-refractivity contribution >= 4 is 17.8 Å². The van der Waals surface area contributed by atoms with Crippen LogP contribution >= 0.6 is 0 Å². The van der Waals surface area contributed by atoms with Crippen molar-refractivity contribution in [1.82, 2.24) is 4.90 Å². The SMILES string of the molecule is COC(=O)CC1(CC(=O)OC)CCN(C(=O)c2ccc(-c3ccc(CN)cc3)cc2)CC1. The lowest BCUT2D eigenvalue weighted by Gasteiger charge is -2.40. The lowest BCUT2D eigenvalue weighted by atomic mass is 9.73. The molecule has 7 nitrogen and oxygen atoms in total. The Kier molecular flexibility index (Phi) is 7.64. The smallest absolute Gasteiger partial charge is 0.306 e. The molecular weight excluding hydrogens is 408 g/mol. The number of carbonyl (C=O) groups excluding carboxylic acids is 3. The fourth-order valence-electron chi connectivity index (χ4n) is 4.18. The first-order chi connectivity index (χ1) is 15.4. The minimum atomic E-state index is -0.545. The topological polar surface area (TPSA) is 98.9 Å². The predicted molar refractivity (Wildman–Crippen MR) is 121 cm³/mol. The van der Waals surface area contributed by atoms with Gasteiger partial charge in [-0.1, -0.05) is 36.4 Å². The molecule has 1 fully saturated rings. The number of hydrogen-bond donors (Lipinski definition) is 1. The van der Waals surface area contributed by atoms with Gasteiger partial charge in [-0.15, -0.1) is 0 Å². The molecule has 0 aliphatic carbocycles. The molecular formula is C25H30N2O5. The van der Waals surface area contributed by atoms with Crippen molar-refractivity contribution in [3.63, 3.8) is 0 Å². The maximum absolute atomic E-state index is 13.0. The van der Waals surface area contributed by atoms with Gasteiger partial charge in [0, 0.05) is 25.2 Å². The molecule has 0 aromatic heterocycles. The van der Waals surface area contributed by atoms with E-state index in [0.717, 1.165) is 16.7 Å². The summed E-state index contributed by atoms with van der Waals surface area (Å²) in [6, 6.07) is 15.6. The van der Waals surface area contributed by atoms with Gasteiger partial charge in [-0.2, -0.15) is 0 Å². The quantitative estimate of drug-likeness (QED) is 0.667. The number of amides is 1. The number of piperidine rings is 1. The van der Waals surface area contributed by atoms with E-state index in [9.17, 15) is 14.4 Å². The van der Waals surface area contributed by atoms with Crippen molar-refractivity contribution in [2.24, 2.45) is 11.1 Å². The summed E-state index contributed by atoms with van der Waals surface area (Å²) in [5.41, 5.74) is 8.88. The van der Waals surface area contributed by atoms with Gasteiger partial charge in [0.25, 0.3) is 5.91 Å². The van der Waals surface area contributed by atoms with Crippen molar-refractivity contribution in [3.8, 4) is 11.1 Å². The Morgan fingerprint density at radius 2 is 1.31 bits per heavy atom. The summed E-state index contributed by atoms with van der Waals surface area (Å²) in [6.45, 7) is 1.44. The summed E-state index contributed by atoms with van der Waals surface area (Å²) in [6.07, 6.45) is 1.35. The molecule has 1 heterocycles. The van der Waals surface area contributed by atoms with Crippen molar-refractivity contribution in [2.75, 3.05) is 27.3 Å². The summed E-state index contributed by atoms with van der Waals surface area (Å²) >= 11 is 0. The number of rotatable bonds is 7. The van der Waals surface area contributed by atoms with E-state index in [1.165, 1.54) is 14.2 Å². The molecule has 2 aromatic rings. The number of nitrogens with zero attached hydrogens (tertiary/aromatic N) is 1. The van der Waals surface area contributed by atoms with E-state index in [1.807, 2.05) is 48.5 Å². The van der Waals surface area contributed by atoms with E-state index in [0.29, 0.717) is 38.0 Å². The maximum atomic E-state index is 13.0. The van der Waals surface area contributed by atoms with Crippen LogP contribution in [-0.2, 0) is 25.6 Å². The van der Waals surface area contributed by atoms with Crippen LogP contribution < -0.4 is 5.73 Å². The van der Waals surface area contributed by atoms with Crippen LogP contribution in [0.3, 0.4) is 0 Å². The van der Waals surface area contributed by atoms with Crippen LogP contribution in [0.2, 0.25) is 0 Å². The van der Waals surface area contributed by atoms with Crippen molar-refractivity contribution in [3.05, 3.63) is 59.7 Å². The summed E-state index contributed by atoms with van der Waals surface area (Å²) in [5, 5.41) is 0. The lowest BCUT2D eigenvalue weighted by Crippen LogP contribution is -2.45. The van der Waals surface area contributed by atoms with Gasteiger partial charge in [0.05, 0.1) is 27.1 Å². The van der Waals surface area contributed by atoms with Gasteiger partial charge in [0.15, 0.2) is 0 Å². The van der Waals surface area contributed by atoms with Crippen LogP contribution in [0, 0.1) is 5.41 Å². The fourth-order valence-corrected chi connectivity index (χ4v) is 4.18. The molecule has 3 rings (SSSR count). The lowest BCUT2D eigenvalue weighted by molar-refractivity contribution is -0.149. The standard InChI is InChI=1S/C25H30N2O5/c1-31-22(28)15-25(16-23(29)32-2)11-13-27(14-12-25)24(30)21-9-7-20(8-10-21)19-5-3-18(17-26)4-6-19/h3-10H,11-17,26H2,1-2H3. The van der Waals surface area contributed by atoms with E-state index in [2.05, 4.69) is 0 Å². The zero-order valence-electron chi connectivity index (χ0n) is 18.6. The fraction of sp³-hybridized carbons (Fsp3) is 0.400. The highest BCUT2D eigenvalue weighted by Gasteiger charge is 2.40. The van der Waals surface area contributed by atoms with E-state index in [-0.39, 0.29) is 30.7 Å². The highest BCUT2D eigenvalue weighted by atomic mass is 16.5. The third-order valence-electron chi connectivity index (χ3n) is 6.26. The van der Waals surface area contributed by atoms with Crippen LogP contribution in [0.4, 0.5) is 0 Å². The average molecular weight is 439 g/mol. The Labute approximate surface area is 188 Å². The van der Waals surface area contributed by atoms with E-state index >= 15 is 0 Å². The Balaban J connectivity index is 1.66. The predicted octanol–water partition coefficient (Wildman–Crippen LogP) is 3.16. The monoisotopic (exact) mass is 438 g/mol. The van der Waals surface area contributed by atoms with Gasteiger partial charge in [-0.05, 0) is 47.1 Å². The number of likely N-dealkylation sites (tertiary alicyclic amines) is 1. The van der Waals surface area contributed by atoms with Gasteiger partial charge in [0.1, 0.15) is 0 Å². The van der Waals surface area contributed by atoms with Crippen molar-refractivity contribution in [2.45, 2.75) is 32.2 Å². The molecule has 1 saturated heterocycles. The molecule has 0 unspecified atom stereocenters. The molecule has 0 radical (unpaired) electrons. The number of ether oxygens (including phenoxy) is 2. The first-order valence-electron chi connectivity index (χ1n) is 10.7. The second-order valence-electron chi connectivity index (χ2n) is 8.28. The van der Waals surface area contributed by atoms with E-state index in [1.54, 1.807) is 4.90 Å². The third kappa shape index (κ3) is 5.53. The second kappa shape index (κ2) is 10.4. The second-order valence-corrected chi connectivity index (χ2v) is 8.28. The van der Waals surface area contributed by atoms with Gasteiger partial charge in [-0.25, -0.2) is 0 Å². The number of benzene rings is 2. The minimum absolute atomic E-state index is 0.0558. The molecule has 0 bridgehead atoms. The van der Waals surface area contributed by atoms with Gasteiger partial charge < -0.3 is 20.1 Å². The first kappa shape index (κ1) is 23.5. The molecule has 2 N–H and O–H groups in total. The molecule has 1 amide bonds. The Hall–Kier alpha value is -3.19. The summed E-state index contributed by atoms with van der Waals surface area (Å²) < 4.78 is 9.64. The van der Waals surface area contributed by atoms with Crippen molar-refractivity contribution < 1.29 is 23.9 Å². The largest absolute Gasteiger partial charge is 0.469 e. The van der Waals surface area contributed by atoms with Crippen LogP contribution in [0.1, 0.15) is 41.6 Å². The summed E-state index contributed by atoms with van der Waals surface area (Å²) in [7, 11) is 2.67.